The first-order valence-electron chi connectivity index (χ1n) is 10.8. The molecule has 184 valence electrons. The molecule has 0 spiro atoms. The minimum atomic E-state index is -3.76. The van der Waals surface area contributed by atoms with Crippen molar-refractivity contribution in [1.29, 1.82) is 0 Å². The van der Waals surface area contributed by atoms with Crippen LogP contribution in [0.4, 0.5) is 5.69 Å². The van der Waals surface area contributed by atoms with E-state index in [0.717, 1.165) is 16.1 Å². The number of nitrogens with one attached hydrogen (secondary N) is 1. The maximum absolute atomic E-state index is 13.0. The summed E-state index contributed by atoms with van der Waals surface area (Å²) in [6.07, 6.45) is 1.55. The number of hydrogen-bond acceptors (Lipinski definition) is 6. The van der Waals surface area contributed by atoms with E-state index < -0.39 is 28.1 Å². The van der Waals surface area contributed by atoms with Crippen molar-refractivity contribution in [3.8, 4) is 11.5 Å². The number of methoxy groups -OCH3 is 1. The molecule has 2 aromatic rings. The lowest BCUT2D eigenvalue weighted by Gasteiger charge is -2.38. The number of rotatable bonds is 7. The number of ether oxygens (including phenoxy) is 2. The van der Waals surface area contributed by atoms with Crippen LogP contribution in [-0.4, -0.2) is 64.7 Å². The number of sulfonamides is 1. The second-order valence-corrected chi connectivity index (χ2v) is 11.0. The van der Waals surface area contributed by atoms with Crippen molar-refractivity contribution in [2.24, 2.45) is 0 Å². The third kappa shape index (κ3) is 5.80. The molecule has 3 rings (SSSR count). The first-order valence-corrected chi connectivity index (χ1v) is 12.6. The van der Waals surface area contributed by atoms with E-state index in [1.807, 2.05) is 19.9 Å². The lowest BCUT2D eigenvalue weighted by molar-refractivity contribution is -0.120. The summed E-state index contributed by atoms with van der Waals surface area (Å²) in [5, 5.41) is 2.96. The summed E-state index contributed by atoms with van der Waals surface area (Å²) < 4.78 is 37.3. The van der Waals surface area contributed by atoms with Gasteiger partial charge in [0, 0.05) is 37.7 Å². The van der Waals surface area contributed by atoms with Gasteiger partial charge in [0.05, 0.1) is 25.1 Å². The van der Waals surface area contributed by atoms with E-state index in [1.165, 1.54) is 17.0 Å². The van der Waals surface area contributed by atoms with Crippen molar-refractivity contribution in [3.63, 3.8) is 0 Å². The van der Waals surface area contributed by atoms with Gasteiger partial charge in [-0.3, -0.25) is 13.9 Å². The Kier molecular flexibility index (Phi) is 7.11. The van der Waals surface area contributed by atoms with E-state index >= 15 is 0 Å². The van der Waals surface area contributed by atoms with Crippen molar-refractivity contribution in [3.05, 3.63) is 53.6 Å². The highest BCUT2D eigenvalue weighted by Gasteiger charge is 2.35. The Hall–Kier alpha value is -3.27. The fourth-order valence-electron chi connectivity index (χ4n) is 3.89. The van der Waals surface area contributed by atoms with Gasteiger partial charge in [-0.15, -0.1) is 0 Å². The summed E-state index contributed by atoms with van der Waals surface area (Å²) in [7, 11) is 1.08. The van der Waals surface area contributed by atoms with Crippen LogP contribution in [0.5, 0.6) is 11.5 Å². The average molecular weight is 490 g/mol. The summed E-state index contributed by atoms with van der Waals surface area (Å²) in [6.45, 7) is 3.45. The number of anilines is 1. The van der Waals surface area contributed by atoms with E-state index in [1.54, 1.807) is 45.5 Å². The number of fused-ring (bicyclic) bond motifs is 1. The molecule has 0 fully saturated rings. The maximum atomic E-state index is 13.0. The van der Waals surface area contributed by atoms with Crippen LogP contribution in [0.2, 0.25) is 0 Å². The zero-order chi connectivity index (χ0) is 25.3. The first-order chi connectivity index (χ1) is 15.8. The van der Waals surface area contributed by atoms with Gasteiger partial charge in [0.15, 0.2) is 0 Å². The SMILES string of the molecule is COc1ccc2c(c1)OC(C)(C)CC2NC(=O)CN(c1ccc(C(=O)N(C)C)cc1)S(C)(=O)=O. The van der Waals surface area contributed by atoms with Crippen LogP contribution in [0.1, 0.15) is 42.2 Å². The molecule has 9 nitrogen and oxygen atoms in total. The van der Waals surface area contributed by atoms with E-state index in [2.05, 4.69) is 5.32 Å². The first kappa shape index (κ1) is 25.4. The van der Waals surface area contributed by atoms with Crippen molar-refractivity contribution < 1.29 is 27.5 Å². The van der Waals surface area contributed by atoms with Gasteiger partial charge in [0.25, 0.3) is 5.91 Å². The average Bonchev–Trinajstić information content (AvgIpc) is 2.75. The number of nitrogens with zero attached hydrogens (tertiary/aromatic N) is 2. The van der Waals surface area contributed by atoms with Crippen LogP contribution in [0.15, 0.2) is 42.5 Å². The normalized spacial score (nSPS) is 16.6. The summed E-state index contributed by atoms with van der Waals surface area (Å²) in [5.41, 5.74) is 0.974. The summed E-state index contributed by atoms with van der Waals surface area (Å²) in [6, 6.07) is 11.2. The number of carbonyl (C=O) groups is 2. The van der Waals surface area contributed by atoms with Crippen molar-refractivity contribution >= 4 is 27.5 Å². The monoisotopic (exact) mass is 489 g/mol. The van der Waals surface area contributed by atoms with Crippen LogP contribution in [-0.2, 0) is 14.8 Å². The molecule has 0 aliphatic carbocycles. The van der Waals surface area contributed by atoms with Crippen LogP contribution in [0.3, 0.4) is 0 Å². The van der Waals surface area contributed by atoms with Gasteiger partial charge in [0.1, 0.15) is 23.6 Å². The van der Waals surface area contributed by atoms with E-state index in [4.69, 9.17) is 9.47 Å². The van der Waals surface area contributed by atoms with Crippen molar-refractivity contribution in [2.75, 3.05) is 38.3 Å². The third-order valence-corrected chi connectivity index (χ3v) is 6.65. The summed E-state index contributed by atoms with van der Waals surface area (Å²) in [4.78, 5) is 26.6. The Balaban J connectivity index is 1.82. The number of hydrogen-bond donors (Lipinski definition) is 1. The molecular weight excluding hydrogens is 458 g/mol. The minimum absolute atomic E-state index is 0.201. The zero-order valence-corrected chi connectivity index (χ0v) is 21.1. The fraction of sp³-hybridized carbons (Fsp3) is 0.417. The molecule has 1 aliphatic heterocycles. The molecule has 1 aliphatic rings. The van der Waals surface area contributed by atoms with Crippen LogP contribution in [0.25, 0.3) is 0 Å². The third-order valence-electron chi connectivity index (χ3n) is 5.51. The standard InChI is InChI=1S/C24H31N3O6S/c1-24(2)14-20(19-12-11-18(32-5)13-21(19)33-24)25-22(28)15-27(34(6,30)31)17-9-7-16(8-10-17)23(29)26(3)4/h7-13,20H,14-15H2,1-6H3,(H,25,28). The molecule has 2 amide bonds. The second-order valence-electron chi connectivity index (χ2n) is 9.11. The van der Waals surface area contributed by atoms with E-state index in [-0.39, 0.29) is 11.9 Å². The smallest absolute Gasteiger partial charge is 0.253 e. The molecule has 1 N–H and O–H groups in total. The predicted molar refractivity (Wildman–Crippen MR) is 130 cm³/mol. The molecule has 0 saturated heterocycles. The van der Waals surface area contributed by atoms with Gasteiger partial charge >= 0.3 is 0 Å². The lowest BCUT2D eigenvalue weighted by Crippen LogP contribution is -2.45. The van der Waals surface area contributed by atoms with Crippen molar-refractivity contribution in [2.45, 2.75) is 31.9 Å². The van der Waals surface area contributed by atoms with Gasteiger partial charge in [-0.25, -0.2) is 8.42 Å². The second kappa shape index (κ2) is 9.54. The molecule has 1 atom stereocenters. The number of amides is 2. The zero-order valence-electron chi connectivity index (χ0n) is 20.3. The quantitative estimate of drug-likeness (QED) is 0.641. The molecule has 0 saturated carbocycles. The Morgan fingerprint density at radius 3 is 2.35 bits per heavy atom. The van der Waals surface area contributed by atoms with Gasteiger partial charge < -0.3 is 19.7 Å². The molecule has 1 unspecified atom stereocenters. The van der Waals surface area contributed by atoms with Crippen LogP contribution in [0, 0.1) is 0 Å². The molecule has 10 heteroatoms. The van der Waals surface area contributed by atoms with Gasteiger partial charge in [-0.2, -0.15) is 0 Å². The van der Waals surface area contributed by atoms with Crippen molar-refractivity contribution in [1.82, 2.24) is 10.2 Å². The molecular formula is C24H31N3O6S. The highest BCUT2D eigenvalue weighted by molar-refractivity contribution is 7.92. The fourth-order valence-corrected chi connectivity index (χ4v) is 4.74. The molecule has 0 bridgehead atoms. The highest BCUT2D eigenvalue weighted by Crippen LogP contribution is 2.41. The highest BCUT2D eigenvalue weighted by atomic mass is 32.2. The maximum Gasteiger partial charge on any atom is 0.253 e. The van der Waals surface area contributed by atoms with Gasteiger partial charge in [-0.1, -0.05) is 0 Å². The molecule has 0 aromatic heterocycles. The summed E-state index contributed by atoms with van der Waals surface area (Å²) in [5.74, 6) is 0.596. The summed E-state index contributed by atoms with van der Waals surface area (Å²) >= 11 is 0. The Bertz CT molecular complexity index is 1180. The molecule has 0 radical (unpaired) electrons. The topological polar surface area (TPSA) is 105 Å². The molecule has 2 aromatic carbocycles. The van der Waals surface area contributed by atoms with E-state index in [9.17, 15) is 18.0 Å². The Morgan fingerprint density at radius 1 is 1.15 bits per heavy atom. The number of carbonyl (C=O) groups excluding carboxylic acids is 2. The molecule has 34 heavy (non-hydrogen) atoms. The van der Waals surface area contributed by atoms with E-state index in [0.29, 0.717) is 29.2 Å². The van der Waals surface area contributed by atoms with Gasteiger partial charge in [-0.05, 0) is 50.2 Å². The predicted octanol–water partition coefficient (Wildman–Crippen LogP) is 2.58. The van der Waals surface area contributed by atoms with Crippen LogP contribution < -0.4 is 19.1 Å². The Morgan fingerprint density at radius 2 is 1.79 bits per heavy atom. The lowest BCUT2D eigenvalue weighted by atomic mass is 9.89. The largest absolute Gasteiger partial charge is 0.497 e. The van der Waals surface area contributed by atoms with Crippen LogP contribution >= 0.6 is 0 Å². The number of benzene rings is 2. The Labute approximate surface area is 200 Å². The minimum Gasteiger partial charge on any atom is -0.497 e. The molecule has 1 heterocycles. The van der Waals surface area contributed by atoms with Gasteiger partial charge in [0.2, 0.25) is 15.9 Å².